The van der Waals surface area contributed by atoms with E-state index < -0.39 is 0 Å². The van der Waals surface area contributed by atoms with Gasteiger partial charge in [-0.05, 0) is 13.8 Å². The predicted octanol–water partition coefficient (Wildman–Crippen LogP) is 2.17. The van der Waals surface area contributed by atoms with Crippen LogP contribution in [-0.4, -0.2) is 25.7 Å². The van der Waals surface area contributed by atoms with Crippen LogP contribution in [0.4, 0.5) is 0 Å². The number of carbonyl (C=O) groups is 2. The van der Waals surface area contributed by atoms with Crippen LogP contribution in [0.5, 0.6) is 0 Å². The summed E-state index contributed by atoms with van der Waals surface area (Å²) < 4.78 is 8.71. The van der Waals surface area contributed by atoms with Crippen molar-refractivity contribution in [1.82, 2.24) is 0 Å². The van der Waals surface area contributed by atoms with Crippen LogP contribution < -0.4 is 0 Å². The summed E-state index contributed by atoms with van der Waals surface area (Å²) in [5, 5.41) is 7.51. The molecule has 0 amide bonds. The van der Waals surface area contributed by atoms with Crippen molar-refractivity contribution in [3.63, 3.8) is 0 Å². The first kappa shape index (κ1) is 21.0. The van der Waals surface area contributed by atoms with Crippen LogP contribution in [-0.2, 0) is 19.1 Å². The van der Waals surface area contributed by atoms with E-state index >= 15 is 0 Å². The van der Waals surface area contributed by atoms with E-state index in [1.165, 1.54) is 13.2 Å². The number of ether oxygens (including phenoxy) is 2. The van der Waals surface area contributed by atoms with Gasteiger partial charge in [0.2, 0.25) is 0 Å². The highest BCUT2D eigenvalue weighted by molar-refractivity contribution is 5.86. The Balaban J connectivity index is -0.000000196. The quantitative estimate of drug-likeness (QED) is 0.437. The van der Waals surface area contributed by atoms with Crippen molar-refractivity contribution in [2.45, 2.75) is 13.8 Å². The second-order valence-corrected chi connectivity index (χ2v) is 2.56. The minimum absolute atomic E-state index is 0.347. The molecule has 18 heavy (non-hydrogen) atoms. The first-order valence-corrected chi connectivity index (χ1v) is 4.94. The van der Waals surface area contributed by atoms with Gasteiger partial charge in [0.25, 0.3) is 0 Å². The van der Waals surface area contributed by atoms with Crippen LogP contribution in [0, 0.1) is 11.3 Å². The van der Waals surface area contributed by atoms with Gasteiger partial charge in [0.15, 0.2) is 0 Å². The molecule has 0 aliphatic rings. The molecule has 0 aliphatic carbocycles. The van der Waals surface area contributed by atoms with E-state index in [0.717, 1.165) is 6.08 Å². The molecule has 0 aromatic carbocycles. The van der Waals surface area contributed by atoms with Crippen molar-refractivity contribution >= 4 is 11.9 Å². The minimum atomic E-state index is -0.359. The average molecular weight is 253 g/mol. The van der Waals surface area contributed by atoms with E-state index in [1.54, 1.807) is 19.9 Å². The van der Waals surface area contributed by atoms with Gasteiger partial charge in [0, 0.05) is 17.7 Å². The molecule has 0 aromatic rings. The van der Waals surface area contributed by atoms with Gasteiger partial charge in [-0.3, -0.25) is 0 Å². The molecular weight excluding hydrogens is 234 g/mol. The summed E-state index contributed by atoms with van der Waals surface area (Å²) in [6.45, 7) is 13.4. The van der Waals surface area contributed by atoms with Gasteiger partial charge >= 0.3 is 11.9 Å². The van der Waals surface area contributed by atoms with Gasteiger partial charge in [0.1, 0.15) is 0 Å². The molecule has 100 valence electrons. The molecule has 0 heterocycles. The third kappa shape index (κ3) is 23.5. The predicted molar refractivity (Wildman–Crippen MR) is 69.5 cm³/mol. The zero-order chi connectivity index (χ0) is 15.0. The van der Waals surface area contributed by atoms with Gasteiger partial charge in [0.05, 0.1) is 19.8 Å². The van der Waals surface area contributed by atoms with E-state index in [0.29, 0.717) is 12.2 Å². The Labute approximate surface area is 108 Å². The lowest BCUT2D eigenvalue weighted by Gasteiger charge is -1.91. The molecule has 0 rings (SSSR count). The SMILES string of the molecule is C=C(C)C(=O)OC.C=CC#N.C=CC(=O)OCC. The van der Waals surface area contributed by atoms with Gasteiger partial charge in [-0.15, -0.1) is 0 Å². The van der Waals surface area contributed by atoms with Crippen molar-refractivity contribution in [3.8, 4) is 6.07 Å². The number of methoxy groups -OCH3 is 1. The highest BCUT2D eigenvalue weighted by Gasteiger charge is 1.95. The Bertz CT molecular complexity index is 324. The zero-order valence-corrected chi connectivity index (χ0v) is 11.1. The van der Waals surface area contributed by atoms with Crippen LogP contribution in [0.25, 0.3) is 0 Å². The smallest absolute Gasteiger partial charge is 0.332 e. The van der Waals surface area contributed by atoms with Gasteiger partial charge in [-0.2, -0.15) is 5.26 Å². The van der Waals surface area contributed by atoms with Gasteiger partial charge in [-0.25, -0.2) is 9.59 Å². The maximum Gasteiger partial charge on any atom is 0.332 e. The van der Waals surface area contributed by atoms with E-state index in [-0.39, 0.29) is 11.9 Å². The van der Waals surface area contributed by atoms with Crippen LogP contribution >= 0.6 is 0 Å². The zero-order valence-electron chi connectivity index (χ0n) is 11.1. The van der Waals surface area contributed by atoms with Crippen LogP contribution in [0.1, 0.15) is 13.8 Å². The van der Waals surface area contributed by atoms with E-state index in [4.69, 9.17) is 5.26 Å². The molecule has 5 nitrogen and oxygen atoms in total. The Morgan fingerprint density at radius 2 is 1.83 bits per heavy atom. The normalized spacial score (nSPS) is 6.78. The number of allylic oxidation sites excluding steroid dienone is 1. The average Bonchev–Trinajstić information content (AvgIpc) is 2.38. The topological polar surface area (TPSA) is 76.4 Å². The van der Waals surface area contributed by atoms with E-state index in [1.807, 2.05) is 0 Å². The summed E-state index contributed by atoms with van der Waals surface area (Å²) in [6.07, 6.45) is 2.32. The number of rotatable bonds is 3. The van der Waals surface area contributed by atoms with E-state index in [2.05, 4.69) is 29.2 Å². The summed E-state index contributed by atoms with van der Waals surface area (Å²) in [6, 6.07) is 1.69. The summed E-state index contributed by atoms with van der Waals surface area (Å²) in [5.41, 5.74) is 0.433. The van der Waals surface area contributed by atoms with Crippen molar-refractivity contribution in [1.29, 1.82) is 5.26 Å². The lowest BCUT2D eigenvalue weighted by Crippen LogP contribution is -1.98. The number of hydrogen-bond donors (Lipinski definition) is 0. The van der Waals surface area contributed by atoms with E-state index in [9.17, 15) is 9.59 Å². The molecule has 0 saturated heterocycles. The molecule has 0 N–H and O–H groups in total. The van der Waals surface area contributed by atoms with Gasteiger partial charge in [-0.1, -0.05) is 19.7 Å². The molecular formula is C13H19NO4. The second-order valence-electron chi connectivity index (χ2n) is 2.56. The van der Waals surface area contributed by atoms with Gasteiger partial charge < -0.3 is 9.47 Å². The first-order valence-electron chi connectivity index (χ1n) is 4.94. The fraction of sp³-hybridized carbons (Fsp3) is 0.308. The molecule has 0 bridgehead atoms. The number of hydrogen-bond acceptors (Lipinski definition) is 5. The summed E-state index contributed by atoms with van der Waals surface area (Å²) in [7, 11) is 1.33. The monoisotopic (exact) mass is 253 g/mol. The Hall–Kier alpha value is -2.35. The molecule has 0 atom stereocenters. The second kappa shape index (κ2) is 17.1. The molecule has 0 aromatic heterocycles. The van der Waals surface area contributed by atoms with Crippen molar-refractivity contribution in [2.75, 3.05) is 13.7 Å². The Morgan fingerprint density at radius 3 is 1.89 bits per heavy atom. The number of esters is 2. The summed E-state index contributed by atoms with van der Waals surface area (Å²) >= 11 is 0. The van der Waals surface area contributed by atoms with Crippen molar-refractivity contribution < 1.29 is 19.1 Å². The summed E-state index contributed by atoms with van der Waals surface area (Å²) in [4.78, 5) is 20.3. The van der Waals surface area contributed by atoms with Crippen LogP contribution in [0.3, 0.4) is 0 Å². The van der Waals surface area contributed by atoms with Crippen molar-refractivity contribution in [2.24, 2.45) is 0 Å². The fourth-order valence-corrected chi connectivity index (χ4v) is 0.375. The summed E-state index contributed by atoms with van der Waals surface area (Å²) in [5.74, 6) is -0.706. The van der Waals surface area contributed by atoms with Crippen LogP contribution in [0.2, 0.25) is 0 Å². The lowest BCUT2D eigenvalue weighted by atomic mass is 10.4. The molecule has 5 heteroatoms. The molecule has 0 unspecified atom stereocenters. The number of carbonyl (C=O) groups excluding carboxylic acids is 2. The minimum Gasteiger partial charge on any atom is -0.466 e. The first-order chi connectivity index (χ1) is 8.40. The molecule has 0 saturated carbocycles. The largest absolute Gasteiger partial charge is 0.466 e. The third-order valence-electron chi connectivity index (χ3n) is 1.08. The number of nitriles is 1. The Morgan fingerprint density at radius 1 is 1.39 bits per heavy atom. The highest BCUT2D eigenvalue weighted by atomic mass is 16.5. The molecule has 0 fully saturated rings. The maximum absolute atomic E-state index is 10.2. The number of nitrogens with zero attached hydrogens (tertiary/aromatic N) is 1. The molecule has 0 aliphatic heterocycles. The Kier molecular flexibility index (Phi) is 19.9. The molecule has 0 radical (unpaired) electrons. The lowest BCUT2D eigenvalue weighted by molar-refractivity contribution is -0.137. The highest BCUT2D eigenvalue weighted by Crippen LogP contribution is 1.87. The fourth-order valence-electron chi connectivity index (χ4n) is 0.375. The van der Waals surface area contributed by atoms with Crippen LogP contribution in [0.15, 0.2) is 37.5 Å². The maximum atomic E-state index is 10.2. The standard InChI is InChI=1S/2C5H8O2.C3H3N/c1-4(2)5(6)7-3;1-3-5(6)7-4-2;1-2-3-4/h1H2,2-3H3;3H,1,4H2,2H3;2H,1H2. The molecule has 0 spiro atoms. The van der Waals surface area contributed by atoms with Crippen molar-refractivity contribution in [3.05, 3.63) is 37.5 Å². The third-order valence-corrected chi connectivity index (χ3v) is 1.08.